The quantitative estimate of drug-likeness (QED) is 0.229. The molecular formula is C26H24N2O6S. The van der Waals surface area contributed by atoms with Crippen LogP contribution in [0.25, 0.3) is 0 Å². The number of carbonyl (C=O) groups is 2. The number of hydrogen-bond donors (Lipinski definition) is 0. The third-order valence-corrected chi connectivity index (χ3v) is 6.70. The number of para-hydroxylation sites is 1. The van der Waals surface area contributed by atoms with E-state index in [9.17, 15) is 19.7 Å². The number of rotatable bonds is 8. The van der Waals surface area contributed by atoms with Crippen LogP contribution in [0.5, 0.6) is 11.5 Å². The summed E-state index contributed by atoms with van der Waals surface area (Å²) in [7, 11) is 0. The summed E-state index contributed by atoms with van der Waals surface area (Å²) in [5, 5.41) is 10.7. The van der Waals surface area contributed by atoms with Crippen molar-refractivity contribution >= 4 is 29.3 Å². The normalized spacial score (nSPS) is 17.1. The monoisotopic (exact) mass is 492 g/mol. The molecule has 3 aromatic rings. The Bertz CT molecular complexity index is 1220. The molecule has 3 aromatic carbocycles. The second kappa shape index (κ2) is 11.1. The number of ether oxygens (including phenoxy) is 2. The molecule has 1 aliphatic heterocycles. The lowest BCUT2D eigenvalue weighted by molar-refractivity contribution is -0.384. The standard InChI is InChI=1S/C26H24N2O6S/c1-2-14-33-26(30)23-17-35-25(27(23)24(29)18-8-6-10-20(15-18)28(31)32)19-9-7-13-22(16-19)34-21-11-4-3-5-12-21/h3-13,15-16,23,25H,2,14,17H2,1H3. The summed E-state index contributed by atoms with van der Waals surface area (Å²) in [6.45, 7) is 2.15. The Kier molecular flexibility index (Phi) is 7.67. The van der Waals surface area contributed by atoms with E-state index in [2.05, 4.69) is 0 Å². The van der Waals surface area contributed by atoms with Gasteiger partial charge in [0.2, 0.25) is 0 Å². The van der Waals surface area contributed by atoms with Crippen LogP contribution in [-0.2, 0) is 9.53 Å². The second-order valence-corrected chi connectivity index (χ2v) is 8.99. The summed E-state index contributed by atoms with van der Waals surface area (Å²) in [6, 6.07) is 21.4. The first kappa shape index (κ1) is 24.3. The van der Waals surface area contributed by atoms with Crippen LogP contribution in [0.1, 0.15) is 34.6 Å². The number of thioether (sulfide) groups is 1. The molecule has 1 aliphatic rings. The zero-order chi connectivity index (χ0) is 24.8. The van der Waals surface area contributed by atoms with Crippen LogP contribution in [0.3, 0.4) is 0 Å². The summed E-state index contributed by atoms with van der Waals surface area (Å²) in [5.74, 6) is 0.648. The molecule has 0 spiro atoms. The molecule has 1 fully saturated rings. The van der Waals surface area contributed by atoms with Crippen molar-refractivity contribution < 1.29 is 24.0 Å². The lowest BCUT2D eigenvalue weighted by atomic mass is 10.1. The van der Waals surface area contributed by atoms with E-state index >= 15 is 0 Å². The van der Waals surface area contributed by atoms with Gasteiger partial charge in [-0.25, -0.2) is 4.79 Å². The van der Waals surface area contributed by atoms with E-state index in [4.69, 9.17) is 9.47 Å². The molecule has 35 heavy (non-hydrogen) atoms. The Balaban J connectivity index is 1.67. The van der Waals surface area contributed by atoms with Crippen LogP contribution in [-0.4, -0.2) is 40.1 Å². The van der Waals surface area contributed by atoms with Crippen molar-refractivity contribution in [1.82, 2.24) is 4.90 Å². The Morgan fingerprint density at radius 3 is 2.51 bits per heavy atom. The maximum atomic E-state index is 13.6. The average molecular weight is 493 g/mol. The van der Waals surface area contributed by atoms with Gasteiger partial charge in [0.25, 0.3) is 11.6 Å². The van der Waals surface area contributed by atoms with Crippen LogP contribution in [0.4, 0.5) is 5.69 Å². The fourth-order valence-corrected chi connectivity index (χ4v) is 5.15. The van der Waals surface area contributed by atoms with Gasteiger partial charge in [-0.15, -0.1) is 11.8 Å². The van der Waals surface area contributed by atoms with Gasteiger partial charge in [-0.05, 0) is 42.3 Å². The fraction of sp³-hybridized carbons (Fsp3) is 0.231. The van der Waals surface area contributed by atoms with Gasteiger partial charge in [0, 0.05) is 23.4 Å². The molecule has 0 N–H and O–H groups in total. The highest BCUT2D eigenvalue weighted by Gasteiger charge is 2.43. The summed E-state index contributed by atoms with van der Waals surface area (Å²) in [4.78, 5) is 38.6. The number of esters is 1. The molecule has 1 amide bonds. The number of nitro benzene ring substituents is 1. The molecule has 2 atom stereocenters. The van der Waals surface area contributed by atoms with E-state index in [1.165, 1.54) is 40.9 Å². The number of amides is 1. The van der Waals surface area contributed by atoms with Crippen LogP contribution in [0, 0.1) is 10.1 Å². The third-order valence-electron chi connectivity index (χ3n) is 5.38. The molecule has 9 heteroatoms. The fourth-order valence-electron chi connectivity index (χ4n) is 3.75. The first-order chi connectivity index (χ1) is 17.0. The number of non-ortho nitro benzene ring substituents is 1. The number of nitrogens with zero attached hydrogens (tertiary/aromatic N) is 2. The van der Waals surface area contributed by atoms with E-state index in [0.717, 1.165) is 5.56 Å². The van der Waals surface area contributed by atoms with Gasteiger partial charge in [0.15, 0.2) is 0 Å². The average Bonchev–Trinajstić information content (AvgIpc) is 3.33. The molecule has 8 nitrogen and oxygen atoms in total. The van der Waals surface area contributed by atoms with Gasteiger partial charge in [0.1, 0.15) is 22.9 Å². The topological polar surface area (TPSA) is 99.0 Å². The predicted octanol–water partition coefficient (Wildman–Crippen LogP) is 5.60. The van der Waals surface area contributed by atoms with Crippen LogP contribution in [0.15, 0.2) is 78.9 Å². The highest BCUT2D eigenvalue weighted by Crippen LogP contribution is 2.43. The van der Waals surface area contributed by atoms with Crippen molar-refractivity contribution in [1.29, 1.82) is 0 Å². The van der Waals surface area contributed by atoms with Gasteiger partial charge in [-0.1, -0.05) is 43.3 Å². The lowest BCUT2D eigenvalue weighted by Crippen LogP contribution is -2.44. The van der Waals surface area contributed by atoms with Gasteiger partial charge in [-0.2, -0.15) is 0 Å². The molecule has 180 valence electrons. The van der Waals surface area contributed by atoms with Crippen molar-refractivity contribution in [3.8, 4) is 11.5 Å². The lowest BCUT2D eigenvalue weighted by Gasteiger charge is -2.29. The van der Waals surface area contributed by atoms with E-state index in [0.29, 0.717) is 23.7 Å². The van der Waals surface area contributed by atoms with Gasteiger partial charge in [0.05, 0.1) is 11.5 Å². The zero-order valence-electron chi connectivity index (χ0n) is 19.0. The summed E-state index contributed by atoms with van der Waals surface area (Å²) >= 11 is 1.44. The Labute approximate surface area is 207 Å². The molecular weight excluding hydrogens is 468 g/mol. The van der Waals surface area contributed by atoms with Gasteiger partial charge >= 0.3 is 5.97 Å². The van der Waals surface area contributed by atoms with Crippen molar-refractivity contribution in [3.63, 3.8) is 0 Å². The van der Waals surface area contributed by atoms with Crippen molar-refractivity contribution in [2.75, 3.05) is 12.4 Å². The first-order valence-corrected chi connectivity index (χ1v) is 12.2. The smallest absolute Gasteiger partial charge is 0.329 e. The van der Waals surface area contributed by atoms with Crippen molar-refractivity contribution in [3.05, 3.63) is 100 Å². The number of nitro groups is 1. The molecule has 0 saturated carbocycles. The second-order valence-electron chi connectivity index (χ2n) is 7.88. The Morgan fingerprint density at radius 1 is 1.03 bits per heavy atom. The van der Waals surface area contributed by atoms with Crippen molar-refractivity contribution in [2.24, 2.45) is 0 Å². The molecule has 0 bridgehead atoms. The Morgan fingerprint density at radius 2 is 1.77 bits per heavy atom. The molecule has 1 heterocycles. The van der Waals surface area contributed by atoms with E-state index < -0.39 is 28.2 Å². The highest BCUT2D eigenvalue weighted by molar-refractivity contribution is 7.99. The van der Waals surface area contributed by atoms with Gasteiger partial charge in [-0.3, -0.25) is 14.9 Å². The molecule has 0 aromatic heterocycles. The molecule has 1 saturated heterocycles. The SMILES string of the molecule is CCCOC(=O)C1CSC(c2cccc(Oc3ccccc3)c2)N1C(=O)c1cccc([N+](=O)[O-])c1. The number of carbonyl (C=O) groups excluding carboxylic acids is 2. The number of hydrogen-bond acceptors (Lipinski definition) is 7. The molecule has 0 aliphatic carbocycles. The van der Waals surface area contributed by atoms with Gasteiger partial charge < -0.3 is 14.4 Å². The molecule has 2 unspecified atom stereocenters. The molecule has 4 rings (SSSR count). The van der Waals surface area contributed by atoms with E-state index in [1.807, 2.05) is 61.5 Å². The highest BCUT2D eigenvalue weighted by atomic mass is 32.2. The summed E-state index contributed by atoms with van der Waals surface area (Å²) < 4.78 is 11.3. The Hall–Kier alpha value is -3.85. The summed E-state index contributed by atoms with van der Waals surface area (Å²) in [5.41, 5.74) is 0.715. The van der Waals surface area contributed by atoms with Crippen molar-refractivity contribution in [2.45, 2.75) is 24.8 Å². The zero-order valence-corrected chi connectivity index (χ0v) is 19.9. The minimum absolute atomic E-state index is 0.136. The van der Waals surface area contributed by atoms with Crippen LogP contribution < -0.4 is 4.74 Å². The number of benzene rings is 3. The maximum absolute atomic E-state index is 13.6. The van der Waals surface area contributed by atoms with E-state index in [-0.39, 0.29) is 17.9 Å². The minimum Gasteiger partial charge on any atom is -0.464 e. The summed E-state index contributed by atoms with van der Waals surface area (Å²) in [6.07, 6.45) is 0.659. The predicted molar refractivity (Wildman–Crippen MR) is 132 cm³/mol. The van der Waals surface area contributed by atoms with E-state index in [1.54, 1.807) is 0 Å². The largest absolute Gasteiger partial charge is 0.464 e. The third kappa shape index (κ3) is 5.63. The van der Waals surface area contributed by atoms with Crippen LogP contribution in [0.2, 0.25) is 0 Å². The minimum atomic E-state index is -0.818. The molecule has 0 radical (unpaired) electrons. The maximum Gasteiger partial charge on any atom is 0.329 e. The van der Waals surface area contributed by atoms with Crippen LogP contribution >= 0.6 is 11.8 Å². The first-order valence-electron chi connectivity index (χ1n) is 11.2.